The van der Waals surface area contributed by atoms with Crippen LogP contribution >= 0.6 is 11.6 Å². The van der Waals surface area contributed by atoms with Gasteiger partial charge in [0.1, 0.15) is 5.76 Å². The normalized spacial score (nSPS) is 12.9. The van der Waals surface area contributed by atoms with Crippen LogP contribution in [0.5, 0.6) is 0 Å². The number of nitrogens with two attached hydrogens (primary N) is 1. The second-order valence-corrected chi connectivity index (χ2v) is 4.16. The quantitative estimate of drug-likeness (QED) is 0.645. The molecule has 0 aliphatic carbocycles. The van der Waals surface area contributed by atoms with Crippen LogP contribution in [0.15, 0.2) is 22.9 Å². The van der Waals surface area contributed by atoms with E-state index in [9.17, 15) is 0 Å². The predicted octanol–water partition coefficient (Wildman–Crippen LogP) is 1.78. The fourth-order valence-electron chi connectivity index (χ4n) is 1.96. The van der Waals surface area contributed by atoms with Crippen LogP contribution in [-0.2, 0) is 13.5 Å². The molecule has 0 saturated heterocycles. The van der Waals surface area contributed by atoms with Crippen molar-refractivity contribution in [2.45, 2.75) is 19.4 Å². The minimum atomic E-state index is -0.219. The average molecular weight is 255 g/mol. The fraction of sp³-hybridized carbons (Fsp3) is 0.364. The summed E-state index contributed by atoms with van der Waals surface area (Å²) in [5.74, 6) is 6.52. The number of furan rings is 1. The molecule has 0 aliphatic heterocycles. The zero-order chi connectivity index (χ0) is 12.4. The van der Waals surface area contributed by atoms with Crippen molar-refractivity contribution in [1.29, 1.82) is 0 Å². The number of nitrogens with zero attached hydrogens (tertiary/aromatic N) is 2. The lowest BCUT2D eigenvalue weighted by atomic mass is 10.0. The highest BCUT2D eigenvalue weighted by Gasteiger charge is 2.23. The first kappa shape index (κ1) is 12.2. The number of aryl methyl sites for hydroxylation is 2. The molecule has 6 heteroatoms. The van der Waals surface area contributed by atoms with Gasteiger partial charge in [0.2, 0.25) is 0 Å². The first-order valence-corrected chi connectivity index (χ1v) is 5.76. The van der Waals surface area contributed by atoms with Gasteiger partial charge in [-0.1, -0.05) is 18.5 Å². The lowest BCUT2D eigenvalue weighted by Gasteiger charge is -2.16. The molecule has 3 N–H and O–H groups in total. The number of aromatic nitrogens is 2. The monoisotopic (exact) mass is 254 g/mol. The SMILES string of the molecule is CCc1occc1C(NN)c1c(Cl)cnn1C. The van der Waals surface area contributed by atoms with Crippen LogP contribution in [0.25, 0.3) is 0 Å². The van der Waals surface area contributed by atoms with Crippen LogP contribution < -0.4 is 11.3 Å². The molecule has 5 nitrogen and oxygen atoms in total. The Morgan fingerprint density at radius 3 is 2.94 bits per heavy atom. The zero-order valence-electron chi connectivity index (χ0n) is 9.77. The number of hydrogen-bond donors (Lipinski definition) is 2. The smallest absolute Gasteiger partial charge is 0.108 e. The summed E-state index contributed by atoms with van der Waals surface area (Å²) < 4.78 is 7.11. The molecule has 1 unspecified atom stereocenters. The predicted molar refractivity (Wildman–Crippen MR) is 65.5 cm³/mol. The Labute approximate surface area is 105 Å². The van der Waals surface area contributed by atoms with E-state index in [1.807, 2.05) is 20.0 Å². The van der Waals surface area contributed by atoms with Gasteiger partial charge in [-0.15, -0.1) is 0 Å². The van der Waals surface area contributed by atoms with Crippen molar-refractivity contribution in [3.63, 3.8) is 0 Å². The number of hydrazine groups is 1. The molecule has 2 aromatic rings. The van der Waals surface area contributed by atoms with Crippen molar-refractivity contribution in [3.8, 4) is 0 Å². The molecular formula is C11H15ClN4O. The minimum absolute atomic E-state index is 0.219. The van der Waals surface area contributed by atoms with Gasteiger partial charge in [0.15, 0.2) is 0 Å². The van der Waals surface area contributed by atoms with Crippen LogP contribution in [0.4, 0.5) is 0 Å². The Hall–Kier alpha value is -1.30. The van der Waals surface area contributed by atoms with E-state index in [4.69, 9.17) is 21.9 Å². The van der Waals surface area contributed by atoms with Crippen molar-refractivity contribution in [1.82, 2.24) is 15.2 Å². The van der Waals surface area contributed by atoms with E-state index in [2.05, 4.69) is 10.5 Å². The van der Waals surface area contributed by atoms with Crippen molar-refractivity contribution < 1.29 is 4.42 Å². The Kier molecular flexibility index (Phi) is 3.51. The molecule has 17 heavy (non-hydrogen) atoms. The third-order valence-electron chi connectivity index (χ3n) is 2.79. The molecule has 0 aliphatic rings. The van der Waals surface area contributed by atoms with Gasteiger partial charge in [0.05, 0.1) is 29.2 Å². The maximum atomic E-state index is 6.12. The molecule has 92 valence electrons. The van der Waals surface area contributed by atoms with Crippen LogP contribution in [0.3, 0.4) is 0 Å². The summed E-state index contributed by atoms with van der Waals surface area (Å²) in [7, 11) is 1.83. The van der Waals surface area contributed by atoms with Gasteiger partial charge in [0.25, 0.3) is 0 Å². The van der Waals surface area contributed by atoms with Gasteiger partial charge >= 0.3 is 0 Å². The van der Waals surface area contributed by atoms with Crippen molar-refractivity contribution >= 4 is 11.6 Å². The molecule has 0 bridgehead atoms. The van der Waals surface area contributed by atoms with Crippen molar-refractivity contribution in [3.05, 3.63) is 40.6 Å². The van der Waals surface area contributed by atoms with Crippen LogP contribution in [0.2, 0.25) is 5.02 Å². The highest BCUT2D eigenvalue weighted by atomic mass is 35.5. The molecule has 2 heterocycles. The molecule has 1 atom stereocenters. The molecule has 0 amide bonds. The molecular weight excluding hydrogens is 240 g/mol. The van der Waals surface area contributed by atoms with Gasteiger partial charge in [0, 0.05) is 19.0 Å². The van der Waals surface area contributed by atoms with E-state index < -0.39 is 0 Å². The Bertz CT molecular complexity index is 486. The topological polar surface area (TPSA) is 69.0 Å². The maximum absolute atomic E-state index is 6.12. The fourth-order valence-corrected chi connectivity index (χ4v) is 2.23. The third-order valence-corrected chi connectivity index (χ3v) is 3.08. The summed E-state index contributed by atoms with van der Waals surface area (Å²) in [6.45, 7) is 2.03. The Morgan fingerprint density at radius 2 is 2.41 bits per heavy atom. The minimum Gasteiger partial charge on any atom is -0.469 e. The summed E-state index contributed by atoms with van der Waals surface area (Å²) in [5.41, 5.74) is 4.57. The summed E-state index contributed by atoms with van der Waals surface area (Å²) in [5, 5.41) is 4.69. The maximum Gasteiger partial charge on any atom is 0.108 e. The zero-order valence-corrected chi connectivity index (χ0v) is 10.5. The van der Waals surface area contributed by atoms with Crippen molar-refractivity contribution in [2.24, 2.45) is 12.9 Å². The number of rotatable bonds is 4. The summed E-state index contributed by atoms with van der Waals surface area (Å²) in [6, 6.07) is 1.68. The van der Waals surface area contributed by atoms with Crippen LogP contribution in [0.1, 0.15) is 30.0 Å². The van der Waals surface area contributed by atoms with Gasteiger partial charge in [-0.2, -0.15) is 5.10 Å². The standard InChI is InChI=1S/C11H15ClN4O/c1-3-9-7(4-5-17-9)10(15-13)11-8(12)6-14-16(11)2/h4-6,10,15H,3,13H2,1-2H3. The van der Waals surface area contributed by atoms with E-state index in [1.54, 1.807) is 17.1 Å². The lowest BCUT2D eigenvalue weighted by Crippen LogP contribution is -2.31. The number of halogens is 1. The largest absolute Gasteiger partial charge is 0.469 e. The highest BCUT2D eigenvalue weighted by molar-refractivity contribution is 6.31. The van der Waals surface area contributed by atoms with Gasteiger partial charge in [-0.25, -0.2) is 5.43 Å². The highest BCUT2D eigenvalue weighted by Crippen LogP contribution is 2.29. The van der Waals surface area contributed by atoms with Gasteiger partial charge in [-0.3, -0.25) is 10.5 Å². The van der Waals surface area contributed by atoms with E-state index >= 15 is 0 Å². The molecule has 2 aromatic heterocycles. The molecule has 0 spiro atoms. The Morgan fingerprint density at radius 1 is 1.65 bits per heavy atom. The number of nitrogens with one attached hydrogen (secondary N) is 1. The lowest BCUT2D eigenvalue weighted by molar-refractivity contribution is 0.496. The molecule has 0 radical (unpaired) electrons. The Balaban J connectivity index is 2.47. The molecule has 0 fully saturated rings. The summed E-state index contributed by atoms with van der Waals surface area (Å²) in [6.07, 6.45) is 4.06. The van der Waals surface area contributed by atoms with Crippen molar-refractivity contribution in [2.75, 3.05) is 0 Å². The van der Waals surface area contributed by atoms with E-state index in [1.165, 1.54) is 0 Å². The van der Waals surface area contributed by atoms with Gasteiger partial charge < -0.3 is 4.42 Å². The average Bonchev–Trinajstić information content (AvgIpc) is 2.91. The van der Waals surface area contributed by atoms with Crippen LogP contribution in [0, 0.1) is 0 Å². The summed E-state index contributed by atoms with van der Waals surface area (Å²) in [4.78, 5) is 0. The van der Waals surface area contributed by atoms with E-state index in [0.717, 1.165) is 23.4 Å². The third kappa shape index (κ3) is 2.09. The first-order valence-electron chi connectivity index (χ1n) is 5.38. The first-order chi connectivity index (χ1) is 8.19. The summed E-state index contributed by atoms with van der Waals surface area (Å²) >= 11 is 6.12. The van der Waals surface area contributed by atoms with Crippen LogP contribution in [-0.4, -0.2) is 9.78 Å². The molecule has 2 rings (SSSR count). The van der Waals surface area contributed by atoms with E-state index in [-0.39, 0.29) is 6.04 Å². The van der Waals surface area contributed by atoms with Gasteiger partial charge in [-0.05, 0) is 6.07 Å². The number of hydrogen-bond acceptors (Lipinski definition) is 4. The second-order valence-electron chi connectivity index (χ2n) is 3.75. The molecule has 0 saturated carbocycles. The second kappa shape index (κ2) is 4.91. The molecule has 0 aromatic carbocycles. The van der Waals surface area contributed by atoms with E-state index in [0.29, 0.717) is 5.02 Å².